The number of benzene rings is 1. The molecule has 0 saturated carbocycles. The summed E-state index contributed by atoms with van der Waals surface area (Å²) in [5.74, 6) is -1.91. The number of rotatable bonds is 2. The average Bonchev–Trinajstić information content (AvgIpc) is 2.83. The molecule has 172 valence electrons. The molecule has 1 aromatic carbocycles. The summed E-state index contributed by atoms with van der Waals surface area (Å²) in [4.78, 5) is 15.7. The van der Waals surface area contributed by atoms with Crippen molar-refractivity contribution >= 4 is 24.4 Å². The van der Waals surface area contributed by atoms with Gasteiger partial charge in [-0.3, -0.25) is 0 Å². The smallest absolute Gasteiger partial charge is 0.444 e. The number of hydrogen-bond acceptors (Lipinski definition) is 5. The van der Waals surface area contributed by atoms with Gasteiger partial charge in [-0.1, -0.05) is 6.07 Å². The van der Waals surface area contributed by atoms with Crippen molar-refractivity contribution in [3.8, 4) is 0 Å². The summed E-state index contributed by atoms with van der Waals surface area (Å²) in [5.41, 5.74) is -1.68. The molecule has 2 aliphatic rings. The number of carbonyl (C=O) groups is 1. The van der Waals surface area contributed by atoms with Crippen LogP contribution in [0, 0.1) is 11.6 Å². The summed E-state index contributed by atoms with van der Waals surface area (Å²) in [6.45, 7) is 15.8. The maximum Gasteiger partial charge on any atom is 0.497 e. The topological polar surface area (TPSA) is 51.2 Å². The summed E-state index contributed by atoms with van der Waals surface area (Å²) in [6.07, 6.45) is -0.401. The third kappa shape index (κ3) is 4.67. The van der Waals surface area contributed by atoms with E-state index in [1.54, 1.807) is 15.9 Å². The molecule has 2 saturated heterocycles. The van der Waals surface area contributed by atoms with E-state index < -0.39 is 41.6 Å². The van der Waals surface area contributed by atoms with Crippen LogP contribution in [0.1, 0.15) is 55.4 Å². The van der Waals surface area contributed by atoms with Crippen molar-refractivity contribution in [3.05, 3.63) is 23.8 Å². The number of nitrogens with zero attached hydrogens (tertiary/aromatic N) is 2. The van der Waals surface area contributed by atoms with Crippen molar-refractivity contribution in [3.63, 3.8) is 0 Å². The van der Waals surface area contributed by atoms with Crippen molar-refractivity contribution in [1.29, 1.82) is 0 Å². The molecular weight excluding hydrogens is 405 g/mol. The summed E-state index contributed by atoms with van der Waals surface area (Å²) >= 11 is 0. The van der Waals surface area contributed by atoms with Crippen LogP contribution in [-0.4, -0.2) is 60.6 Å². The predicted molar refractivity (Wildman–Crippen MR) is 117 cm³/mol. The first-order valence-electron chi connectivity index (χ1n) is 10.7. The van der Waals surface area contributed by atoms with Crippen LogP contribution in [0.5, 0.6) is 0 Å². The van der Waals surface area contributed by atoms with E-state index in [9.17, 15) is 4.79 Å². The molecule has 0 N–H and O–H groups in total. The fourth-order valence-electron chi connectivity index (χ4n) is 3.74. The molecule has 6 nitrogen and oxygen atoms in total. The number of carbonyl (C=O) groups excluding carboxylic acids is 1. The van der Waals surface area contributed by atoms with Gasteiger partial charge in [-0.15, -0.1) is 0 Å². The van der Waals surface area contributed by atoms with Crippen LogP contribution in [0.2, 0.25) is 0 Å². The molecule has 0 spiro atoms. The van der Waals surface area contributed by atoms with E-state index in [0.717, 1.165) is 0 Å². The summed E-state index contributed by atoms with van der Waals surface area (Å²) in [6, 6.07) is 2.86. The first-order valence-corrected chi connectivity index (χ1v) is 10.7. The predicted octanol–water partition coefficient (Wildman–Crippen LogP) is 3.71. The highest BCUT2D eigenvalue weighted by Gasteiger charge is 2.52. The van der Waals surface area contributed by atoms with Crippen molar-refractivity contribution in [1.82, 2.24) is 4.90 Å². The van der Waals surface area contributed by atoms with E-state index in [4.69, 9.17) is 14.0 Å². The Bertz CT molecular complexity index is 841. The highest BCUT2D eigenvalue weighted by atomic mass is 19.2. The Hall–Kier alpha value is -1.87. The molecule has 0 unspecified atom stereocenters. The lowest BCUT2D eigenvalue weighted by atomic mass is 9.78. The second-order valence-corrected chi connectivity index (χ2v) is 10.4. The number of ether oxygens (including phenoxy) is 1. The van der Waals surface area contributed by atoms with Crippen molar-refractivity contribution < 1.29 is 27.6 Å². The minimum atomic E-state index is -0.977. The van der Waals surface area contributed by atoms with Gasteiger partial charge in [0, 0.05) is 31.1 Å². The molecule has 0 aromatic heterocycles. The van der Waals surface area contributed by atoms with E-state index in [1.807, 2.05) is 55.4 Å². The Kier molecular flexibility index (Phi) is 6.08. The lowest BCUT2D eigenvalue weighted by Crippen LogP contribution is -2.55. The molecular formula is C22H33BF2N2O4. The number of anilines is 1. The Morgan fingerprint density at radius 3 is 2.19 bits per heavy atom. The molecule has 0 aliphatic carbocycles. The van der Waals surface area contributed by atoms with Crippen LogP contribution in [0.15, 0.2) is 12.1 Å². The van der Waals surface area contributed by atoms with Crippen LogP contribution in [0.4, 0.5) is 19.3 Å². The number of piperazine rings is 1. The fraction of sp³-hybridized carbons (Fsp3) is 0.682. The molecule has 1 amide bonds. The maximum atomic E-state index is 15.1. The van der Waals surface area contributed by atoms with Gasteiger partial charge in [0.25, 0.3) is 0 Å². The monoisotopic (exact) mass is 438 g/mol. The maximum absolute atomic E-state index is 15.1. The largest absolute Gasteiger partial charge is 0.497 e. The summed E-state index contributed by atoms with van der Waals surface area (Å²) in [5, 5.41) is 0. The molecule has 3 rings (SSSR count). The van der Waals surface area contributed by atoms with E-state index in [1.165, 1.54) is 6.07 Å². The van der Waals surface area contributed by atoms with Crippen molar-refractivity contribution in [2.45, 2.75) is 78.2 Å². The molecule has 31 heavy (non-hydrogen) atoms. The average molecular weight is 438 g/mol. The zero-order valence-electron chi connectivity index (χ0n) is 19.7. The van der Waals surface area contributed by atoms with Gasteiger partial charge in [0.2, 0.25) is 0 Å². The molecule has 2 heterocycles. The lowest BCUT2D eigenvalue weighted by molar-refractivity contribution is 0.00578. The number of amides is 1. The third-order valence-corrected chi connectivity index (χ3v) is 6.19. The highest BCUT2D eigenvalue weighted by Crippen LogP contribution is 2.37. The van der Waals surface area contributed by atoms with Crippen LogP contribution < -0.4 is 10.4 Å². The van der Waals surface area contributed by atoms with Crippen LogP contribution in [0.3, 0.4) is 0 Å². The fourth-order valence-corrected chi connectivity index (χ4v) is 3.74. The van der Waals surface area contributed by atoms with Gasteiger partial charge in [-0.25, -0.2) is 13.6 Å². The quantitative estimate of drug-likeness (QED) is 0.660. The minimum absolute atomic E-state index is 0.0416. The zero-order valence-corrected chi connectivity index (χ0v) is 19.7. The Balaban J connectivity index is 1.76. The Morgan fingerprint density at radius 1 is 1.10 bits per heavy atom. The van der Waals surface area contributed by atoms with Gasteiger partial charge in [0.05, 0.1) is 16.9 Å². The molecule has 2 fully saturated rings. The zero-order chi connectivity index (χ0) is 23.4. The van der Waals surface area contributed by atoms with Crippen LogP contribution in [-0.2, 0) is 14.0 Å². The van der Waals surface area contributed by atoms with E-state index in [-0.39, 0.29) is 17.2 Å². The molecule has 0 bridgehead atoms. The lowest BCUT2D eigenvalue weighted by Gasteiger charge is -2.41. The highest BCUT2D eigenvalue weighted by molar-refractivity contribution is 6.62. The number of halogens is 2. The summed E-state index contributed by atoms with van der Waals surface area (Å²) in [7, 11) is -0.977. The second-order valence-electron chi connectivity index (χ2n) is 10.4. The van der Waals surface area contributed by atoms with E-state index >= 15 is 8.78 Å². The summed E-state index contributed by atoms with van der Waals surface area (Å²) < 4.78 is 47.3. The molecule has 1 aromatic rings. The third-order valence-electron chi connectivity index (χ3n) is 6.19. The van der Waals surface area contributed by atoms with Crippen molar-refractivity contribution in [2.24, 2.45) is 0 Å². The molecule has 0 radical (unpaired) electrons. The first kappa shape index (κ1) is 23.8. The van der Waals surface area contributed by atoms with E-state index in [0.29, 0.717) is 19.6 Å². The van der Waals surface area contributed by atoms with Crippen LogP contribution >= 0.6 is 0 Å². The molecule has 9 heteroatoms. The molecule has 2 aliphatic heterocycles. The standard InChI is InChI=1S/C22H33BF2N2O4/c1-14-13-26(19(28)29-20(2,3)4)11-12-27(14)16-10-9-15(17(24)18(16)25)23-30-21(5,6)22(7,8)31-23/h9-10,14H,11-13H2,1-8H3/t14-/m0/s1. The van der Waals surface area contributed by atoms with E-state index in [2.05, 4.69) is 0 Å². The van der Waals surface area contributed by atoms with Gasteiger partial charge in [0.15, 0.2) is 11.6 Å². The van der Waals surface area contributed by atoms with Crippen LogP contribution in [0.25, 0.3) is 0 Å². The van der Waals surface area contributed by atoms with Gasteiger partial charge >= 0.3 is 13.2 Å². The Morgan fingerprint density at radius 2 is 1.68 bits per heavy atom. The number of hydrogen-bond donors (Lipinski definition) is 0. The minimum Gasteiger partial charge on any atom is -0.444 e. The van der Waals surface area contributed by atoms with Crippen molar-refractivity contribution in [2.75, 3.05) is 24.5 Å². The normalized spacial score (nSPS) is 23.3. The first-order chi connectivity index (χ1) is 14.1. The second kappa shape index (κ2) is 7.92. The van der Waals surface area contributed by atoms with Gasteiger partial charge in [-0.2, -0.15) is 0 Å². The van der Waals surface area contributed by atoms with Gasteiger partial charge < -0.3 is 23.8 Å². The Labute approximate surface area is 184 Å². The molecule has 1 atom stereocenters. The SMILES string of the molecule is C[C@H]1CN(C(=O)OC(C)(C)C)CCN1c1ccc(B2OC(C)(C)C(C)(C)O2)c(F)c1F. The van der Waals surface area contributed by atoms with Gasteiger partial charge in [0.1, 0.15) is 5.60 Å². The van der Waals surface area contributed by atoms with Gasteiger partial charge in [-0.05, 0) is 61.5 Å².